The number of anilines is 2. The number of nitrogens with one attached hydrogen (secondary N) is 1. The van der Waals surface area contributed by atoms with Crippen molar-refractivity contribution in [3.8, 4) is 0 Å². The van der Waals surface area contributed by atoms with Gasteiger partial charge in [-0.15, -0.1) is 0 Å². The fraction of sp³-hybridized carbons (Fsp3) is 0.300. The summed E-state index contributed by atoms with van der Waals surface area (Å²) in [5.74, 6) is -0.680. The predicted molar refractivity (Wildman–Crippen MR) is 114 cm³/mol. The Hall–Kier alpha value is -2.58. The number of halogens is 1. The number of esters is 1. The quantitative estimate of drug-likeness (QED) is 0.602. The van der Waals surface area contributed by atoms with Crippen molar-refractivity contribution in [1.29, 1.82) is 0 Å². The summed E-state index contributed by atoms with van der Waals surface area (Å²) in [5.41, 5.74) is 1.39. The smallest absolute Gasteiger partial charge is 0.338 e. The molecule has 9 heteroatoms. The van der Waals surface area contributed by atoms with Crippen LogP contribution in [0.4, 0.5) is 11.4 Å². The predicted octanol–water partition coefficient (Wildman–Crippen LogP) is 3.70. The molecule has 0 aliphatic rings. The molecular formula is C20H23ClN2O5S. The Labute approximate surface area is 175 Å². The maximum Gasteiger partial charge on any atom is 0.338 e. The third kappa shape index (κ3) is 7.07. The number of nitrogens with zero attached hydrogens (tertiary/aromatic N) is 1. The van der Waals surface area contributed by atoms with Crippen LogP contribution in [0.15, 0.2) is 48.5 Å². The minimum absolute atomic E-state index is 0.131. The molecule has 7 nitrogen and oxygen atoms in total. The molecule has 0 fully saturated rings. The van der Waals surface area contributed by atoms with Crippen molar-refractivity contribution in [1.82, 2.24) is 0 Å². The minimum atomic E-state index is -3.51. The molecule has 1 N–H and O–H groups in total. The Kier molecular flexibility index (Phi) is 8.04. The first-order chi connectivity index (χ1) is 13.7. The van der Waals surface area contributed by atoms with Gasteiger partial charge in [-0.05, 0) is 55.8 Å². The van der Waals surface area contributed by atoms with E-state index in [1.54, 1.807) is 55.5 Å². The molecular weight excluding hydrogens is 416 g/mol. The van der Waals surface area contributed by atoms with Crippen LogP contribution in [0, 0.1) is 0 Å². The van der Waals surface area contributed by atoms with E-state index in [4.69, 9.17) is 16.3 Å². The van der Waals surface area contributed by atoms with Crippen LogP contribution >= 0.6 is 11.6 Å². The zero-order chi connectivity index (χ0) is 21.4. The van der Waals surface area contributed by atoms with E-state index < -0.39 is 16.0 Å². The largest absolute Gasteiger partial charge is 0.462 e. The Morgan fingerprint density at radius 2 is 1.83 bits per heavy atom. The lowest BCUT2D eigenvalue weighted by Gasteiger charge is -2.22. The van der Waals surface area contributed by atoms with E-state index in [9.17, 15) is 18.0 Å². The van der Waals surface area contributed by atoms with Gasteiger partial charge in [-0.2, -0.15) is 0 Å². The maximum atomic E-state index is 12.2. The first kappa shape index (κ1) is 22.7. The van der Waals surface area contributed by atoms with Gasteiger partial charge in [0.1, 0.15) is 0 Å². The van der Waals surface area contributed by atoms with Crippen molar-refractivity contribution >= 4 is 44.9 Å². The molecule has 0 unspecified atom stereocenters. The van der Waals surface area contributed by atoms with Crippen molar-refractivity contribution in [2.24, 2.45) is 0 Å². The zero-order valence-electron chi connectivity index (χ0n) is 16.2. The fourth-order valence-electron chi connectivity index (χ4n) is 2.63. The monoisotopic (exact) mass is 438 g/mol. The molecule has 1 amide bonds. The fourth-order valence-corrected chi connectivity index (χ4v) is 3.77. The van der Waals surface area contributed by atoms with Gasteiger partial charge in [-0.3, -0.25) is 9.10 Å². The molecule has 2 aromatic carbocycles. The van der Waals surface area contributed by atoms with Gasteiger partial charge >= 0.3 is 5.97 Å². The van der Waals surface area contributed by atoms with Gasteiger partial charge in [0.2, 0.25) is 15.9 Å². The summed E-state index contributed by atoms with van der Waals surface area (Å²) in [7, 11) is -3.51. The highest BCUT2D eigenvalue weighted by Gasteiger charge is 2.18. The minimum Gasteiger partial charge on any atom is -0.462 e. The Balaban J connectivity index is 1.91. The molecule has 2 rings (SSSR count). The lowest BCUT2D eigenvalue weighted by molar-refractivity contribution is -0.116. The van der Waals surface area contributed by atoms with E-state index in [0.717, 1.165) is 6.26 Å². The van der Waals surface area contributed by atoms with Crippen LogP contribution in [0.2, 0.25) is 5.02 Å². The third-order valence-electron chi connectivity index (χ3n) is 3.94. The van der Waals surface area contributed by atoms with Crippen molar-refractivity contribution in [3.05, 3.63) is 59.1 Å². The van der Waals surface area contributed by atoms with E-state index in [1.807, 2.05) is 0 Å². The van der Waals surface area contributed by atoms with Crippen LogP contribution in [-0.4, -0.2) is 39.7 Å². The summed E-state index contributed by atoms with van der Waals surface area (Å²) in [6.45, 7) is 2.16. The molecule has 0 atom stereocenters. The highest BCUT2D eigenvalue weighted by molar-refractivity contribution is 7.92. The van der Waals surface area contributed by atoms with Gasteiger partial charge in [0.15, 0.2) is 0 Å². The molecule has 0 radical (unpaired) electrons. The average molecular weight is 439 g/mol. The van der Waals surface area contributed by atoms with Crippen molar-refractivity contribution < 1.29 is 22.7 Å². The maximum absolute atomic E-state index is 12.2. The summed E-state index contributed by atoms with van der Waals surface area (Å²) in [6, 6.07) is 12.9. The van der Waals surface area contributed by atoms with Gasteiger partial charge in [-0.1, -0.05) is 17.7 Å². The van der Waals surface area contributed by atoms with Gasteiger partial charge in [0.25, 0.3) is 0 Å². The topological polar surface area (TPSA) is 92.8 Å². The number of rotatable bonds is 9. The first-order valence-electron chi connectivity index (χ1n) is 9.01. The summed E-state index contributed by atoms with van der Waals surface area (Å²) in [6.07, 6.45) is 1.57. The second-order valence-corrected chi connectivity index (χ2v) is 8.61. The molecule has 156 valence electrons. The lowest BCUT2D eigenvalue weighted by Crippen LogP contribution is -2.31. The highest BCUT2D eigenvalue weighted by atomic mass is 35.5. The SMILES string of the molecule is CCOC(=O)c1ccc(NC(=O)CCCN(c2cccc(Cl)c2)S(C)(=O)=O)cc1. The molecule has 29 heavy (non-hydrogen) atoms. The molecule has 0 bridgehead atoms. The number of ether oxygens (including phenoxy) is 1. The van der Waals surface area contributed by atoms with E-state index in [-0.39, 0.29) is 25.5 Å². The summed E-state index contributed by atoms with van der Waals surface area (Å²) in [4.78, 5) is 23.8. The molecule has 0 saturated heterocycles. The highest BCUT2D eigenvalue weighted by Crippen LogP contribution is 2.22. The summed E-state index contributed by atoms with van der Waals surface area (Å²) < 4.78 is 30.3. The number of hydrogen-bond acceptors (Lipinski definition) is 5. The van der Waals surface area contributed by atoms with Crippen LogP contribution < -0.4 is 9.62 Å². The average Bonchev–Trinajstić information content (AvgIpc) is 2.65. The Bertz CT molecular complexity index is 961. The molecule has 0 heterocycles. The summed E-state index contributed by atoms with van der Waals surface area (Å²) in [5, 5.41) is 3.15. The molecule has 0 aromatic heterocycles. The zero-order valence-corrected chi connectivity index (χ0v) is 17.8. The Morgan fingerprint density at radius 3 is 2.41 bits per heavy atom. The second-order valence-electron chi connectivity index (χ2n) is 6.26. The number of hydrogen-bond donors (Lipinski definition) is 1. The first-order valence-corrected chi connectivity index (χ1v) is 11.2. The van der Waals surface area contributed by atoms with E-state index in [1.165, 1.54) is 4.31 Å². The van der Waals surface area contributed by atoms with Crippen LogP contribution in [0.1, 0.15) is 30.1 Å². The number of carbonyl (C=O) groups excluding carboxylic acids is 2. The standard InChI is InChI=1S/C20H23ClN2O5S/c1-3-28-20(25)15-9-11-17(12-10-15)22-19(24)8-5-13-23(29(2,26)27)18-7-4-6-16(21)14-18/h4,6-7,9-12,14H,3,5,8,13H2,1-2H3,(H,22,24). The number of sulfonamides is 1. The van der Waals surface area contributed by atoms with Crippen molar-refractivity contribution in [2.75, 3.05) is 29.0 Å². The lowest BCUT2D eigenvalue weighted by atomic mass is 10.2. The van der Waals surface area contributed by atoms with Crippen molar-refractivity contribution in [2.45, 2.75) is 19.8 Å². The van der Waals surface area contributed by atoms with E-state index in [0.29, 0.717) is 28.4 Å². The number of amides is 1. The van der Waals surface area contributed by atoms with Crippen LogP contribution in [0.3, 0.4) is 0 Å². The Morgan fingerprint density at radius 1 is 1.14 bits per heavy atom. The molecule has 0 aliphatic carbocycles. The van der Waals surface area contributed by atoms with E-state index >= 15 is 0 Å². The molecule has 0 spiro atoms. The van der Waals surface area contributed by atoms with Gasteiger partial charge in [0, 0.05) is 23.7 Å². The second kappa shape index (κ2) is 10.3. The molecule has 0 aliphatic heterocycles. The van der Waals surface area contributed by atoms with Gasteiger partial charge in [-0.25, -0.2) is 13.2 Å². The number of carbonyl (C=O) groups is 2. The van der Waals surface area contributed by atoms with E-state index in [2.05, 4.69) is 5.32 Å². The van der Waals surface area contributed by atoms with Crippen molar-refractivity contribution in [3.63, 3.8) is 0 Å². The van der Waals surface area contributed by atoms with Gasteiger partial charge in [0.05, 0.1) is 24.1 Å². The summed E-state index contributed by atoms with van der Waals surface area (Å²) >= 11 is 5.95. The van der Waals surface area contributed by atoms with Crippen LogP contribution in [0.5, 0.6) is 0 Å². The third-order valence-corrected chi connectivity index (χ3v) is 5.37. The molecule has 2 aromatic rings. The van der Waals surface area contributed by atoms with Crippen LogP contribution in [0.25, 0.3) is 0 Å². The van der Waals surface area contributed by atoms with Gasteiger partial charge < -0.3 is 10.1 Å². The van der Waals surface area contributed by atoms with Crippen LogP contribution in [-0.2, 0) is 19.6 Å². The normalized spacial score (nSPS) is 11.0. The molecule has 0 saturated carbocycles. The number of benzene rings is 2.